The predicted molar refractivity (Wildman–Crippen MR) is 49.0 cm³/mol. The fraction of sp³-hybridized carbons (Fsp3) is 0.200. The van der Waals surface area contributed by atoms with E-state index in [9.17, 15) is 18.0 Å². The lowest BCUT2D eigenvalue weighted by Gasteiger charge is -2.00. The molecule has 0 unspecified atom stereocenters. The highest BCUT2D eigenvalue weighted by molar-refractivity contribution is 6.05. The Kier molecular flexibility index (Phi) is 2.22. The van der Waals surface area contributed by atoms with Gasteiger partial charge in [-0.05, 0) is 19.1 Å². The highest BCUT2D eigenvalue weighted by Crippen LogP contribution is 2.34. The summed E-state index contributed by atoms with van der Waals surface area (Å²) in [6, 6.07) is 3.99. The van der Waals surface area contributed by atoms with Crippen molar-refractivity contribution in [1.82, 2.24) is 5.16 Å². The monoisotopic (exact) mass is 229 g/mol. The summed E-state index contributed by atoms with van der Waals surface area (Å²) in [6.45, 7) is 1.25. The van der Waals surface area contributed by atoms with Crippen molar-refractivity contribution in [2.75, 3.05) is 0 Å². The minimum Gasteiger partial charge on any atom is -0.355 e. The normalized spacial score (nSPS) is 12.0. The van der Waals surface area contributed by atoms with Crippen molar-refractivity contribution in [3.05, 3.63) is 29.5 Å². The summed E-state index contributed by atoms with van der Waals surface area (Å²) in [5.74, 6) is -0.365. The van der Waals surface area contributed by atoms with E-state index >= 15 is 0 Å². The van der Waals surface area contributed by atoms with E-state index < -0.39 is 11.9 Å². The molecular weight excluding hydrogens is 223 g/mol. The second-order valence-electron chi connectivity index (χ2n) is 3.27. The molecule has 1 heterocycles. The van der Waals surface area contributed by atoms with Gasteiger partial charge in [-0.3, -0.25) is 4.79 Å². The highest BCUT2D eigenvalue weighted by atomic mass is 19.4. The number of aromatic nitrogens is 1. The summed E-state index contributed by atoms with van der Waals surface area (Å²) in [5, 5.41) is 2.76. The summed E-state index contributed by atoms with van der Waals surface area (Å²) >= 11 is 0. The molecule has 84 valence electrons. The molecule has 0 saturated carbocycles. The number of rotatable bonds is 1. The molecule has 0 N–H and O–H groups in total. The zero-order valence-electron chi connectivity index (χ0n) is 8.13. The van der Waals surface area contributed by atoms with E-state index in [-0.39, 0.29) is 22.3 Å². The van der Waals surface area contributed by atoms with Gasteiger partial charge in [0.1, 0.15) is 0 Å². The van der Waals surface area contributed by atoms with Gasteiger partial charge < -0.3 is 4.52 Å². The lowest BCUT2D eigenvalue weighted by Crippen LogP contribution is -2.05. The molecule has 0 radical (unpaired) electrons. The molecule has 3 nitrogen and oxygen atoms in total. The number of nitrogens with zero attached hydrogens (tertiary/aromatic N) is 1. The van der Waals surface area contributed by atoms with Crippen LogP contribution in [0.3, 0.4) is 0 Å². The Labute approximate surface area is 87.8 Å². The Hall–Kier alpha value is -1.85. The van der Waals surface area contributed by atoms with Crippen molar-refractivity contribution in [1.29, 1.82) is 0 Å². The highest BCUT2D eigenvalue weighted by Gasteiger charge is 2.37. The number of carbonyl (C=O) groups excluding carboxylic acids is 1. The van der Waals surface area contributed by atoms with Crippen molar-refractivity contribution < 1.29 is 22.5 Å². The van der Waals surface area contributed by atoms with E-state index in [0.717, 1.165) is 0 Å². The van der Waals surface area contributed by atoms with E-state index in [2.05, 4.69) is 9.68 Å². The van der Waals surface area contributed by atoms with Crippen LogP contribution >= 0.6 is 0 Å². The third kappa shape index (κ3) is 1.56. The van der Waals surface area contributed by atoms with Gasteiger partial charge in [-0.25, -0.2) is 0 Å². The molecule has 2 aromatic rings. The van der Waals surface area contributed by atoms with Crippen LogP contribution in [0.5, 0.6) is 0 Å². The standard InChI is InChI=1S/C10H6F3NO2/c1-5(15)6-3-2-4-7-8(6)16-14-9(7)10(11,12)13/h2-4H,1H3. The first-order valence-corrected chi connectivity index (χ1v) is 4.38. The van der Waals surface area contributed by atoms with Crippen LogP contribution in [0.25, 0.3) is 11.0 Å². The number of benzene rings is 1. The summed E-state index contributed by atoms with van der Waals surface area (Å²) < 4.78 is 42.0. The lowest BCUT2D eigenvalue weighted by atomic mass is 10.1. The molecule has 0 amide bonds. The van der Waals surface area contributed by atoms with Crippen LogP contribution in [-0.2, 0) is 6.18 Å². The fourth-order valence-electron chi connectivity index (χ4n) is 1.44. The maximum absolute atomic E-state index is 12.5. The molecule has 6 heteroatoms. The number of hydrogen-bond donors (Lipinski definition) is 0. The average Bonchev–Trinajstić information content (AvgIpc) is 2.59. The van der Waals surface area contributed by atoms with Crippen LogP contribution in [0.15, 0.2) is 22.7 Å². The van der Waals surface area contributed by atoms with Crippen molar-refractivity contribution in [3.8, 4) is 0 Å². The predicted octanol–water partition coefficient (Wildman–Crippen LogP) is 3.05. The Balaban J connectivity index is 2.76. The molecule has 16 heavy (non-hydrogen) atoms. The third-order valence-corrected chi connectivity index (χ3v) is 2.15. The molecule has 0 aliphatic heterocycles. The van der Waals surface area contributed by atoms with Gasteiger partial charge in [0.15, 0.2) is 17.1 Å². The number of hydrogen-bond acceptors (Lipinski definition) is 3. The number of carbonyl (C=O) groups is 1. The zero-order valence-corrected chi connectivity index (χ0v) is 8.13. The smallest absolute Gasteiger partial charge is 0.355 e. The number of Topliss-reactive ketones (excluding diaryl/α,β-unsaturated/α-hetero) is 1. The third-order valence-electron chi connectivity index (χ3n) is 2.15. The number of para-hydroxylation sites is 1. The van der Waals surface area contributed by atoms with E-state index in [4.69, 9.17) is 0 Å². The molecule has 1 aromatic carbocycles. The van der Waals surface area contributed by atoms with E-state index in [1.54, 1.807) is 0 Å². The fourth-order valence-corrected chi connectivity index (χ4v) is 1.44. The maximum Gasteiger partial charge on any atom is 0.437 e. The molecule has 1 aromatic heterocycles. The topological polar surface area (TPSA) is 43.1 Å². The van der Waals surface area contributed by atoms with Crippen LogP contribution in [-0.4, -0.2) is 10.9 Å². The van der Waals surface area contributed by atoms with Gasteiger partial charge >= 0.3 is 6.18 Å². The van der Waals surface area contributed by atoms with Crippen LogP contribution < -0.4 is 0 Å². The summed E-state index contributed by atoms with van der Waals surface area (Å²) in [4.78, 5) is 11.1. The van der Waals surface area contributed by atoms with Crippen LogP contribution in [0.2, 0.25) is 0 Å². The molecule has 2 rings (SSSR count). The summed E-state index contributed by atoms with van der Waals surface area (Å²) in [7, 11) is 0. The average molecular weight is 229 g/mol. The Morgan fingerprint density at radius 3 is 2.62 bits per heavy atom. The SMILES string of the molecule is CC(=O)c1cccc2c(C(F)(F)F)noc12. The Morgan fingerprint density at radius 1 is 1.38 bits per heavy atom. The van der Waals surface area contributed by atoms with Crippen molar-refractivity contribution in [2.24, 2.45) is 0 Å². The van der Waals surface area contributed by atoms with Crippen molar-refractivity contribution in [3.63, 3.8) is 0 Å². The second-order valence-corrected chi connectivity index (χ2v) is 3.27. The van der Waals surface area contributed by atoms with Gasteiger partial charge in [-0.2, -0.15) is 13.2 Å². The summed E-state index contributed by atoms with van der Waals surface area (Å²) in [6.07, 6.45) is -4.58. The molecule has 0 aliphatic rings. The van der Waals surface area contributed by atoms with Gasteiger partial charge in [-0.15, -0.1) is 0 Å². The zero-order chi connectivity index (χ0) is 11.9. The molecule has 0 bridgehead atoms. The van der Waals surface area contributed by atoms with Gasteiger partial charge in [0.05, 0.1) is 10.9 Å². The second kappa shape index (κ2) is 3.33. The Bertz CT molecular complexity index is 557. The van der Waals surface area contributed by atoms with Crippen molar-refractivity contribution in [2.45, 2.75) is 13.1 Å². The molecular formula is C10H6F3NO2. The largest absolute Gasteiger partial charge is 0.437 e. The minimum atomic E-state index is -4.58. The first kappa shape index (κ1) is 10.7. The maximum atomic E-state index is 12.5. The molecule has 0 fully saturated rings. The van der Waals surface area contributed by atoms with Gasteiger partial charge in [0.2, 0.25) is 0 Å². The molecule has 0 saturated heterocycles. The number of halogens is 3. The summed E-state index contributed by atoms with van der Waals surface area (Å²) in [5.41, 5.74) is -1.13. The first-order valence-electron chi connectivity index (χ1n) is 4.38. The minimum absolute atomic E-state index is 0.0977. The van der Waals surface area contributed by atoms with E-state index in [1.165, 1.54) is 25.1 Å². The Morgan fingerprint density at radius 2 is 2.06 bits per heavy atom. The number of fused-ring (bicyclic) bond motifs is 1. The molecule has 0 spiro atoms. The van der Waals surface area contributed by atoms with E-state index in [0.29, 0.717) is 0 Å². The van der Waals surface area contributed by atoms with Gasteiger partial charge in [-0.1, -0.05) is 11.2 Å². The number of ketones is 1. The van der Waals surface area contributed by atoms with Gasteiger partial charge in [0.25, 0.3) is 0 Å². The van der Waals surface area contributed by atoms with Crippen molar-refractivity contribution >= 4 is 16.8 Å². The quantitative estimate of drug-likeness (QED) is 0.706. The number of alkyl halides is 3. The molecule has 0 aliphatic carbocycles. The van der Waals surface area contributed by atoms with Crippen LogP contribution in [0.4, 0.5) is 13.2 Å². The lowest BCUT2D eigenvalue weighted by molar-refractivity contribution is -0.141. The van der Waals surface area contributed by atoms with Gasteiger partial charge in [0, 0.05) is 0 Å². The van der Waals surface area contributed by atoms with Crippen LogP contribution in [0, 0.1) is 0 Å². The first-order chi connectivity index (χ1) is 7.41. The van der Waals surface area contributed by atoms with Crippen LogP contribution in [0.1, 0.15) is 23.0 Å². The van der Waals surface area contributed by atoms with E-state index in [1.807, 2.05) is 0 Å². The molecule has 0 atom stereocenters.